The van der Waals surface area contributed by atoms with E-state index in [1.807, 2.05) is 24.3 Å². The highest BCUT2D eigenvalue weighted by Gasteiger charge is 2.28. The van der Waals surface area contributed by atoms with Crippen molar-refractivity contribution < 1.29 is 38.3 Å². The van der Waals surface area contributed by atoms with Crippen LogP contribution in [0, 0.1) is 48.9 Å². The molecule has 0 spiro atoms. The monoisotopic (exact) mass is 1100 g/mol. The molecule has 5 rings (SSSR count). The Morgan fingerprint density at radius 3 is 1.93 bits per heavy atom. The number of carbonyl (C=O) groups excluding carboxylic acids is 7. The van der Waals surface area contributed by atoms with Gasteiger partial charge in [0.25, 0.3) is 0 Å². The smallest absolute Gasteiger partial charge is 0.302 e. The SMILES string of the molecule is C#CCCC(=O)NCCC(CCCCN=[N+]=[N-])C(=O)CN.C#CCCC(=O)NCNC.C#CCCC(=O)NCNC.CC(=O)OCC1c2ccccc2-c2ccccc21.NCC(=O)C1/C=C/C=C\n2cc(nn2)CCC(=O)NCC1. The zero-order valence-electron chi connectivity index (χ0n) is 46.4. The first kappa shape index (κ1) is 69.6. The molecule has 10 N–H and O–H groups in total. The molecule has 2 aliphatic rings. The van der Waals surface area contributed by atoms with Crippen molar-refractivity contribution in [1.82, 2.24) is 46.9 Å². The summed E-state index contributed by atoms with van der Waals surface area (Å²) < 4.78 is 6.77. The molecule has 4 amide bonds. The van der Waals surface area contributed by atoms with E-state index in [9.17, 15) is 33.6 Å². The average molecular weight is 1100 g/mol. The zero-order chi connectivity index (χ0) is 59.2. The van der Waals surface area contributed by atoms with Crippen LogP contribution in [0.1, 0.15) is 107 Å². The summed E-state index contributed by atoms with van der Waals surface area (Å²) in [5.41, 5.74) is 24.8. The molecule has 80 heavy (non-hydrogen) atoms. The highest BCUT2D eigenvalue weighted by atomic mass is 16.5. The molecular weight excluding hydrogens is 1020 g/mol. The standard InChI is InChI=1S/C16H14O2.C14H19N5O2.C14H23N5O2.2C7H12N2O/c1-11(17)18-10-16-14-8-4-2-6-12(14)13-7-3-5-9-15(13)16;15-9-13(20)11-3-1-2-8-19-10-12(17-18-19)4-5-14(21)16-7-6-11;1-2-3-7-14(21)17-10-8-12(13(20)11-15)6-4-5-9-18-19-16;2*1-3-4-5-7(10)9-6-8-2/h2-9,16H,10H2,1H3;1-3,8,10-11H,4-7,9,15H2,(H,16,21);1,12H,3-11,15H2,(H,17,21);2*1,8H,4-6H2,2H3,(H,9,10)/b;3-1+,8-2-;;;. The molecule has 22 nitrogen and oxygen atoms in total. The first-order valence-electron chi connectivity index (χ1n) is 26.4. The molecule has 22 heteroatoms. The number of nitrogens with zero attached hydrogens (tertiary/aromatic N) is 6. The number of aryl methyl sites for hydroxylation is 1. The van der Waals surface area contributed by atoms with E-state index in [0.29, 0.717) is 110 Å². The Labute approximate surface area is 470 Å². The van der Waals surface area contributed by atoms with E-state index in [1.54, 1.807) is 49.4 Å². The first-order valence-corrected chi connectivity index (χ1v) is 26.4. The first-order chi connectivity index (χ1) is 38.7. The Hall–Kier alpha value is -8.42. The Morgan fingerprint density at radius 2 is 1.40 bits per heavy atom. The summed E-state index contributed by atoms with van der Waals surface area (Å²) in [6.07, 6.45) is 30.7. The highest BCUT2D eigenvalue weighted by molar-refractivity contribution is 5.85. The van der Waals surface area contributed by atoms with Crippen LogP contribution in [0.5, 0.6) is 0 Å². The number of amides is 4. The van der Waals surface area contributed by atoms with E-state index in [1.165, 1.54) is 29.2 Å². The lowest BCUT2D eigenvalue weighted by Crippen LogP contribution is -2.31. The fourth-order valence-electron chi connectivity index (χ4n) is 7.52. The number of carbonyl (C=O) groups is 7. The van der Waals surface area contributed by atoms with Crippen LogP contribution in [0.4, 0.5) is 0 Å². The van der Waals surface area contributed by atoms with Gasteiger partial charge in [0.2, 0.25) is 23.6 Å². The van der Waals surface area contributed by atoms with Gasteiger partial charge in [-0.1, -0.05) is 77.4 Å². The van der Waals surface area contributed by atoms with Crippen LogP contribution < -0.4 is 43.4 Å². The molecule has 1 aliphatic carbocycles. The van der Waals surface area contributed by atoms with Crippen molar-refractivity contribution in [3.05, 3.63) is 100 Å². The summed E-state index contributed by atoms with van der Waals surface area (Å²) in [5, 5.41) is 27.7. The molecule has 0 fully saturated rings. The molecule has 2 unspecified atom stereocenters. The molecule has 430 valence electrons. The summed E-state index contributed by atoms with van der Waals surface area (Å²) >= 11 is 0. The third-order valence-corrected chi connectivity index (χ3v) is 11.7. The maximum atomic E-state index is 11.7. The molecule has 1 aromatic heterocycles. The number of esters is 1. The van der Waals surface area contributed by atoms with Gasteiger partial charge in [-0.25, -0.2) is 4.68 Å². The maximum absolute atomic E-state index is 11.7. The van der Waals surface area contributed by atoms with Gasteiger partial charge in [-0.3, -0.25) is 33.6 Å². The van der Waals surface area contributed by atoms with Crippen LogP contribution in [0.25, 0.3) is 27.8 Å². The Kier molecular flexibility index (Phi) is 38.8. The third kappa shape index (κ3) is 31.1. The predicted octanol–water partition coefficient (Wildman–Crippen LogP) is 4.18. The van der Waals surface area contributed by atoms with Crippen LogP contribution in [0.3, 0.4) is 0 Å². The lowest BCUT2D eigenvalue weighted by atomic mass is 9.93. The van der Waals surface area contributed by atoms with Crippen molar-refractivity contribution in [3.8, 4) is 48.2 Å². The lowest BCUT2D eigenvalue weighted by molar-refractivity contribution is -0.141. The van der Waals surface area contributed by atoms with Gasteiger partial charge in [-0.05, 0) is 73.6 Å². The number of terminal acetylenes is 3. The number of nitrogens with two attached hydrogens (primary N) is 2. The van der Waals surface area contributed by atoms with Crippen molar-refractivity contribution in [1.29, 1.82) is 0 Å². The second-order valence-corrected chi connectivity index (χ2v) is 17.7. The number of fused-ring (bicyclic) bond motifs is 5. The summed E-state index contributed by atoms with van der Waals surface area (Å²) in [7, 11) is 3.53. The number of Topliss-reactive ketones (excluding diaryl/α,β-unsaturated/α-hetero) is 2. The van der Waals surface area contributed by atoms with Gasteiger partial charge < -0.3 is 48.1 Å². The molecule has 1 aliphatic heterocycles. The fourth-order valence-corrected chi connectivity index (χ4v) is 7.52. The van der Waals surface area contributed by atoms with E-state index >= 15 is 0 Å². The number of rotatable bonds is 24. The molecule has 2 heterocycles. The van der Waals surface area contributed by atoms with Gasteiger partial charge in [0.05, 0.1) is 38.3 Å². The number of ketones is 2. The van der Waals surface area contributed by atoms with Gasteiger partial charge in [0.15, 0.2) is 5.78 Å². The minimum atomic E-state index is -0.283. The lowest BCUT2D eigenvalue weighted by Gasteiger charge is -2.15. The molecule has 0 saturated carbocycles. The molecule has 2 atom stereocenters. The summed E-state index contributed by atoms with van der Waals surface area (Å²) in [4.78, 5) is 81.7. The second kappa shape index (κ2) is 44.5. The summed E-state index contributed by atoms with van der Waals surface area (Å²) in [6.45, 7) is 4.21. The average Bonchev–Trinajstić information content (AvgIpc) is 4.07. The van der Waals surface area contributed by atoms with Gasteiger partial charge in [0, 0.05) is 107 Å². The zero-order valence-corrected chi connectivity index (χ0v) is 46.4. The van der Waals surface area contributed by atoms with E-state index in [2.05, 4.69) is 94.3 Å². The van der Waals surface area contributed by atoms with Crippen LogP contribution >= 0.6 is 0 Å². The Balaban J connectivity index is 0.000000517. The van der Waals surface area contributed by atoms with Crippen LogP contribution in [0.15, 0.2) is 78.1 Å². The topological polar surface area (TPSA) is 332 Å². The van der Waals surface area contributed by atoms with E-state index in [4.69, 9.17) is 41.0 Å². The summed E-state index contributed by atoms with van der Waals surface area (Å²) in [5.74, 6) is 6.48. The van der Waals surface area contributed by atoms with Crippen molar-refractivity contribution in [2.75, 3.05) is 66.8 Å². The van der Waals surface area contributed by atoms with E-state index < -0.39 is 0 Å². The quantitative estimate of drug-likeness (QED) is 0.0119. The van der Waals surface area contributed by atoms with E-state index in [-0.39, 0.29) is 72.0 Å². The number of azide groups is 1. The minimum absolute atomic E-state index is 0.000889. The Bertz CT molecular complexity index is 2540. The van der Waals surface area contributed by atoms with Crippen LogP contribution in [-0.4, -0.2) is 123 Å². The molecule has 3 aromatic rings. The number of aromatic nitrogens is 3. The maximum Gasteiger partial charge on any atom is 0.302 e. The number of ether oxygens (including phenoxy) is 1. The van der Waals surface area contributed by atoms with Gasteiger partial charge >= 0.3 is 5.97 Å². The van der Waals surface area contributed by atoms with Crippen LogP contribution in [0.2, 0.25) is 0 Å². The predicted molar refractivity (Wildman–Crippen MR) is 310 cm³/mol. The van der Waals surface area contributed by atoms with Gasteiger partial charge in [-0.2, -0.15) is 0 Å². The van der Waals surface area contributed by atoms with Gasteiger partial charge in [0.1, 0.15) is 12.4 Å². The molecule has 2 bridgehead atoms. The van der Waals surface area contributed by atoms with Crippen molar-refractivity contribution in [2.45, 2.75) is 96.3 Å². The van der Waals surface area contributed by atoms with E-state index in [0.717, 1.165) is 18.5 Å². The van der Waals surface area contributed by atoms with Crippen molar-refractivity contribution in [3.63, 3.8) is 0 Å². The molecule has 0 saturated heterocycles. The molecule has 0 radical (unpaired) electrons. The van der Waals surface area contributed by atoms with Crippen molar-refractivity contribution in [2.24, 2.45) is 28.4 Å². The number of hydrogen-bond donors (Lipinski definition) is 8. The molecular formula is C58H80N14O8. The van der Waals surface area contributed by atoms with Gasteiger partial charge in [-0.15, -0.1) is 42.1 Å². The normalized spacial score (nSPS) is 13.9. The number of unbranched alkanes of at least 4 members (excludes halogenated alkanes) is 1. The Morgan fingerprint density at radius 1 is 0.825 bits per heavy atom. The summed E-state index contributed by atoms with van der Waals surface area (Å²) in [6, 6.07) is 16.6. The number of nitrogens with one attached hydrogen (secondary N) is 6. The minimum Gasteiger partial charge on any atom is -0.465 e. The number of allylic oxidation sites excluding steroid dienone is 3. The van der Waals surface area contributed by atoms with Crippen molar-refractivity contribution >= 4 is 47.4 Å². The highest BCUT2D eigenvalue weighted by Crippen LogP contribution is 2.44. The molecule has 2 aromatic carbocycles. The number of benzene rings is 2. The third-order valence-electron chi connectivity index (χ3n) is 11.7. The second-order valence-electron chi connectivity index (χ2n) is 17.7. The fraction of sp³-hybridized carbons (Fsp3) is 0.466. The number of hydrogen-bond acceptors (Lipinski definition) is 15. The largest absolute Gasteiger partial charge is 0.465 e. The van der Waals surface area contributed by atoms with Crippen LogP contribution in [-0.2, 0) is 44.7 Å².